The van der Waals surface area contributed by atoms with Crippen molar-refractivity contribution in [2.45, 2.75) is 25.1 Å². The van der Waals surface area contributed by atoms with Crippen LogP contribution in [0.1, 0.15) is 18.5 Å². The molecule has 0 spiro atoms. The number of nitrogens with zero attached hydrogens (tertiary/aromatic N) is 4. The van der Waals surface area contributed by atoms with Crippen LogP contribution >= 0.6 is 0 Å². The van der Waals surface area contributed by atoms with Gasteiger partial charge in [-0.25, -0.2) is 14.4 Å². The molecule has 1 aliphatic heterocycles. The lowest BCUT2D eigenvalue weighted by atomic mass is 10.1. The van der Waals surface area contributed by atoms with Crippen LogP contribution in [0.5, 0.6) is 5.75 Å². The molecule has 158 valence electrons. The van der Waals surface area contributed by atoms with E-state index < -0.39 is 34.7 Å². The van der Waals surface area contributed by atoms with Crippen LogP contribution in [0, 0.1) is 5.82 Å². The Morgan fingerprint density at radius 1 is 1.17 bits per heavy atom. The number of phenols is 1. The van der Waals surface area contributed by atoms with Gasteiger partial charge in [0.2, 0.25) is 0 Å². The number of hydrogen-bond acceptors (Lipinski definition) is 6. The van der Waals surface area contributed by atoms with Gasteiger partial charge >= 0.3 is 6.18 Å². The van der Waals surface area contributed by atoms with Crippen molar-refractivity contribution in [3.05, 3.63) is 52.5 Å². The van der Waals surface area contributed by atoms with E-state index >= 15 is 0 Å². The van der Waals surface area contributed by atoms with Crippen molar-refractivity contribution in [1.82, 2.24) is 14.5 Å². The number of rotatable bonds is 2. The molecule has 0 saturated carbocycles. The Balaban J connectivity index is 2.03. The summed E-state index contributed by atoms with van der Waals surface area (Å²) in [6, 6.07) is 3.67. The Morgan fingerprint density at radius 2 is 1.87 bits per heavy atom. The normalized spacial score (nSPS) is 15.7. The minimum Gasteiger partial charge on any atom is -0.506 e. The molecule has 2 aromatic heterocycles. The third-order valence-electron chi connectivity index (χ3n) is 5.11. The third kappa shape index (κ3) is 3.34. The predicted octanol–water partition coefficient (Wildman–Crippen LogP) is 2.57. The van der Waals surface area contributed by atoms with E-state index in [4.69, 9.17) is 5.73 Å². The molecule has 0 unspecified atom stereocenters. The molecule has 30 heavy (non-hydrogen) atoms. The number of para-hydroxylation sites is 1. The van der Waals surface area contributed by atoms with Crippen molar-refractivity contribution >= 4 is 16.7 Å². The highest BCUT2D eigenvalue weighted by molar-refractivity contribution is 5.89. The zero-order chi connectivity index (χ0) is 21.6. The average Bonchev–Trinajstić information content (AvgIpc) is 2.69. The number of hydrogen-bond donors (Lipinski definition) is 2. The Bertz CT molecular complexity index is 1150. The number of fused-ring (bicyclic) bond motifs is 1. The Morgan fingerprint density at radius 3 is 2.50 bits per heavy atom. The maximum Gasteiger partial charge on any atom is 0.431 e. The second-order valence-corrected chi connectivity index (χ2v) is 7.06. The van der Waals surface area contributed by atoms with E-state index in [2.05, 4.69) is 9.97 Å². The zero-order valence-electron chi connectivity index (χ0n) is 15.5. The van der Waals surface area contributed by atoms with Gasteiger partial charge in [-0.15, -0.1) is 0 Å². The highest BCUT2D eigenvalue weighted by Crippen LogP contribution is 2.36. The fourth-order valence-corrected chi connectivity index (χ4v) is 3.63. The number of aromatic nitrogens is 3. The first kappa shape index (κ1) is 20.1. The van der Waals surface area contributed by atoms with E-state index in [-0.39, 0.29) is 27.3 Å². The largest absolute Gasteiger partial charge is 0.506 e. The summed E-state index contributed by atoms with van der Waals surface area (Å²) in [6.45, 7) is 0.928. The van der Waals surface area contributed by atoms with E-state index in [0.717, 1.165) is 24.5 Å². The smallest absolute Gasteiger partial charge is 0.431 e. The number of benzene rings is 1. The summed E-state index contributed by atoms with van der Waals surface area (Å²) in [4.78, 5) is 22.7. The van der Waals surface area contributed by atoms with Crippen LogP contribution in [-0.4, -0.2) is 38.8 Å². The molecule has 3 heterocycles. The standard InChI is InChI=1S/C19H17F4N5O2/c20-12-2-1-3-13(29)16(12)28-14(19(21,22)23)8-11-15(18(28)30)25-9-26-17(11)27-6-4-10(24)5-7-27/h1-3,8-10,29H,4-7,24H2. The average molecular weight is 423 g/mol. The highest BCUT2D eigenvalue weighted by Gasteiger charge is 2.38. The van der Waals surface area contributed by atoms with Crippen LogP contribution in [0.4, 0.5) is 23.4 Å². The number of pyridine rings is 1. The molecule has 0 amide bonds. The van der Waals surface area contributed by atoms with Crippen LogP contribution in [0.15, 0.2) is 35.4 Å². The van der Waals surface area contributed by atoms with Gasteiger partial charge in [-0.05, 0) is 31.0 Å². The number of nitrogens with two attached hydrogens (primary N) is 1. The lowest BCUT2D eigenvalue weighted by molar-refractivity contribution is -0.142. The molecule has 1 saturated heterocycles. The monoisotopic (exact) mass is 423 g/mol. The van der Waals surface area contributed by atoms with E-state index in [1.807, 2.05) is 0 Å². The van der Waals surface area contributed by atoms with Crippen molar-refractivity contribution in [1.29, 1.82) is 0 Å². The summed E-state index contributed by atoms with van der Waals surface area (Å²) in [5.74, 6) is -1.80. The molecular weight excluding hydrogens is 406 g/mol. The molecule has 1 aromatic carbocycles. The first-order valence-electron chi connectivity index (χ1n) is 9.15. The second kappa shape index (κ2) is 7.24. The summed E-state index contributed by atoms with van der Waals surface area (Å²) in [5.41, 5.74) is 2.03. The topological polar surface area (TPSA) is 97.3 Å². The second-order valence-electron chi connectivity index (χ2n) is 7.06. The fraction of sp³-hybridized carbons (Fsp3) is 0.316. The summed E-state index contributed by atoms with van der Waals surface area (Å²) >= 11 is 0. The van der Waals surface area contributed by atoms with Gasteiger partial charge in [0.05, 0.1) is 5.39 Å². The summed E-state index contributed by atoms with van der Waals surface area (Å²) in [6.07, 6.45) is -2.69. The van der Waals surface area contributed by atoms with Gasteiger partial charge in [-0.3, -0.25) is 9.36 Å². The number of phenolic OH excluding ortho intramolecular Hbond substituents is 1. The molecule has 0 aliphatic carbocycles. The molecule has 11 heteroatoms. The molecule has 3 N–H and O–H groups in total. The molecule has 4 rings (SSSR count). The van der Waals surface area contributed by atoms with E-state index in [1.54, 1.807) is 4.90 Å². The lowest BCUT2D eigenvalue weighted by Crippen LogP contribution is -2.40. The minimum absolute atomic E-state index is 0.0126. The van der Waals surface area contributed by atoms with Crippen molar-refractivity contribution < 1.29 is 22.7 Å². The molecule has 1 fully saturated rings. The van der Waals surface area contributed by atoms with Gasteiger partial charge in [0.25, 0.3) is 5.56 Å². The van der Waals surface area contributed by atoms with Gasteiger partial charge in [-0.1, -0.05) is 6.07 Å². The molecule has 7 nitrogen and oxygen atoms in total. The fourth-order valence-electron chi connectivity index (χ4n) is 3.63. The zero-order valence-corrected chi connectivity index (χ0v) is 15.5. The molecule has 3 aromatic rings. The van der Waals surface area contributed by atoms with Gasteiger partial charge < -0.3 is 15.7 Å². The molecule has 0 radical (unpaired) electrons. The highest BCUT2D eigenvalue weighted by atomic mass is 19.4. The van der Waals surface area contributed by atoms with Crippen molar-refractivity contribution in [3.8, 4) is 11.4 Å². The van der Waals surface area contributed by atoms with Crippen LogP contribution in [0.25, 0.3) is 16.6 Å². The van der Waals surface area contributed by atoms with Crippen molar-refractivity contribution in [3.63, 3.8) is 0 Å². The first-order chi connectivity index (χ1) is 14.2. The molecule has 0 atom stereocenters. The maximum atomic E-state index is 14.4. The van der Waals surface area contributed by atoms with E-state index in [0.29, 0.717) is 32.0 Å². The summed E-state index contributed by atoms with van der Waals surface area (Å²) in [5, 5.41) is 9.90. The van der Waals surface area contributed by atoms with Gasteiger partial charge in [0, 0.05) is 19.1 Å². The van der Waals surface area contributed by atoms with Gasteiger partial charge in [0.15, 0.2) is 5.82 Å². The Hall–Kier alpha value is -3.21. The SMILES string of the molecule is NC1CCN(c2ncnc3c(=O)n(-c4c(O)cccc4F)c(C(F)(F)F)cc23)CC1. The maximum absolute atomic E-state index is 14.4. The Kier molecular flexibility index (Phi) is 4.85. The number of anilines is 1. The number of piperidine rings is 1. The van der Waals surface area contributed by atoms with Crippen LogP contribution in [0.3, 0.4) is 0 Å². The number of halogens is 4. The van der Waals surface area contributed by atoms with Crippen molar-refractivity contribution in [2.24, 2.45) is 5.73 Å². The van der Waals surface area contributed by atoms with E-state index in [1.165, 1.54) is 0 Å². The quantitative estimate of drug-likeness (QED) is 0.615. The van der Waals surface area contributed by atoms with Gasteiger partial charge in [-0.2, -0.15) is 13.2 Å². The summed E-state index contributed by atoms with van der Waals surface area (Å²) < 4.78 is 56.1. The van der Waals surface area contributed by atoms with Crippen LogP contribution in [0.2, 0.25) is 0 Å². The number of alkyl halides is 3. The lowest BCUT2D eigenvalue weighted by Gasteiger charge is -2.31. The first-order valence-corrected chi connectivity index (χ1v) is 9.15. The van der Waals surface area contributed by atoms with Crippen LogP contribution in [-0.2, 0) is 6.18 Å². The predicted molar refractivity (Wildman–Crippen MR) is 101 cm³/mol. The van der Waals surface area contributed by atoms with Crippen molar-refractivity contribution in [2.75, 3.05) is 18.0 Å². The summed E-state index contributed by atoms with van der Waals surface area (Å²) in [7, 11) is 0. The number of aromatic hydroxyl groups is 1. The Labute approximate surface area is 167 Å². The van der Waals surface area contributed by atoms with Crippen LogP contribution < -0.4 is 16.2 Å². The molecule has 1 aliphatic rings. The molecule has 0 bridgehead atoms. The molecular formula is C19H17F4N5O2. The van der Waals surface area contributed by atoms with Gasteiger partial charge in [0.1, 0.15) is 34.8 Å². The van der Waals surface area contributed by atoms with E-state index in [9.17, 15) is 27.5 Å². The third-order valence-corrected chi connectivity index (χ3v) is 5.11. The minimum atomic E-state index is -5.01.